The van der Waals surface area contributed by atoms with Crippen LogP contribution in [0.15, 0.2) is 0 Å². The average molecular weight is 250 g/mol. The summed E-state index contributed by atoms with van der Waals surface area (Å²) in [4.78, 5) is 2.83. The van der Waals surface area contributed by atoms with Crippen LogP contribution >= 0.6 is 0 Å². The molecule has 3 aliphatic rings. The van der Waals surface area contributed by atoms with E-state index in [2.05, 4.69) is 37.9 Å². The summed E-state index contributed by atoms with van der Waals surface area (Å²) in [5.41, 5.74) is 1.06. The molecule has 1 saturated carbocycles. The molecule has 0 aromatic heterocycles. The van der Waals surface area contributed by atoms with E-state index < -0.39 is 0 Å². The molecule has 0 aromatic carbocycles. The zero-order valence-electron chi connectivity index (χ0n) is 12.6. The van der Waals surface area contributed by atoms with Crippen molar-refractivity contribution in [2.75, 3.05) is 26.2 Å². The molecule has 2 heterocycles. The zero-order chi connectivity index (χ0) is 13.0. The van der Waals surface area contributed by atoms with Crippen LogP contribution in [0.25, 0.3) is 0 Å². The van der Waals surface area contributed by atoms with Crippen LogP contribution in [-0.4, -0.2) is 37.1 Å². The minimum Gasteiger partial charge on any atom is -0.316 e. The third-order valence-corrected chi connectivity index (χ3v) is 5.47. The van der Waals surface area contributed by atoms with Gasteiger partial charge in [-0.2, -0.15) is 0 Å². The summed E-state index contributed by atoms with van der Waals surface area (Å²) >= 11 is 0. The maximum atomic E-state index is 3.55. The van der Waals surface area contributed by atoms with E-state index in [1.165, 1.54) is 45.4 Å². The van der Waals surface area contributed by atoms with E-state index in [1.54, 1.807) is 0 Å². The second-order valence-corrected chi connectivity index (χ2v) is 8.70. The number of hydrogen-bond acceptors (Lipinski definition) is 2. The first kappa shape index (κ1) is 12.9. The molecular formula is C16H30N2. The SMILES string of the molecule is CC1(C)CC(N2CC3CNCC3C2)CC(C)(C)C1. The first-order chi connectivity index (χ1) is 8.35. The molecule has 2 aliphatic heterocycles. The Hall–Kier alpha value is -0.0800. The first-order valence-corrected chi connectivity index (χ1v) is 7.79. The summed E-state index contributed by atoms with van der Waals surface area (Å²) in [6, 6.07) is 0.842. The van der Waals surface area contributed by atoms with Crippen LogP contribution in [0.5, 0.6) is 0 Å². The van der Waals surface area contributed by atoms with E-state index in [-0.39, 0.29) is 0 Å². The van der Waals surface area contributed by atoms with Gasteiger partial charge < -0.3 is 5.32 Å². The van der Waals surface area contributed by atoms with Crippen LogP contribution in [-0.2, 0) is 0 Å². The topological polar surface area (TPSA) is 15.3 Å². The highest BCUT2D eigenvalue weighted by Gasteiger charge is 2.44. The molecule has 0 amide bonds. The molecule has 1 aliphatic carbocycles. The van der Waals surface area contributed by atoms with Crippen molar-refractivity contribution in [1.29, 1.82) is 0 Å². The molecule has 2 nitrogen and oxygen atoms in total. The number of fused-ring (bicyclic) bond motifs is 1. The molecule has 2 atom stereocenters. The molecule has 0 radical (unpaired) electrons. The monoisotopic (exact) mass is 250 g/mol. The fourth-order valence-electron chi connectivity index (χ4n) is 5.24. The maximum absolute atomic E-state index is 3.55. The summed E-state index contributed by atoms with van der Waals surface area (Å²) in [6.07, 6.45) is 4.20. The minimum absolute atomic E-state index is 0.530. The standard InChI is InChI=1S/C16H30N2/c1-15(2)5-14(6-16(3,4)11-15)18-9-12-7-17-8-13(12)10-18/h12-14,17H,5-11H2,1-4H3. The van der Waals surface area contributed by atoms with Gasteiger partial charge in [-0.1, -0.05) is 27.7 Å². The van der Waals surface area contributed by atoms with E-state index in [0.717, 1.165) is 17.9 Å². The van der Waals surface area contributed by atoms with Crippen LogP contribution in [0.2, 0.25) is 0 Å². The number of rotatable bonds is 1. The lowest BCUT2D eigenvalue weighted by Gasteiger charge is -2.48. The predicted molar refractivity (Wildman–Crippen MR) is 76.6 cm³/mol. The smallest absolute Gasteiger partial charge is 0.0106 e. The Kier molecular flexibility index (Phi) is 3.02. The van der Waals surface area contributed by atoms with Gasteiger partial charge in [0.15, 0.2) is 0 Å². The molecule has 3 fully saturated rings. The molecule has 0 spiro atoms. The average Bonchev–Trinajstić information content (AvgIpc) is 2.69. The van der Waals surface area contributed by atoms with Gasteiger partial charge in [0, 0.05) is 19.1 Å². The Bertz CT molecular complexity index is 293. The van der Waals surface area contributed by atoms with Gasteiger partial charge in [0.2, 0.25) is 0 Å². The van der Waals surface area contributed by atoms with Crippen LogP contribution < -0.4 is 5.32 Å². The molecule has 0 bridgehead atoms. The second kappa shape index (κ2) is 4.21. The Morgan fingerprint density at radius 2 is 1.39 bits per heavy atom. The molecule has 104 valence electrons. The van der Waals surface area contributed by atoms with Crippen molar-refractivity contribution < 1.29 is 0 Å². The largest absolute Gasteiger partial charge is 0.316 e. The summed E-state index contributed by atoms with van der Waals surface area (Å²) in [5.74, 6) is 1.89. The van der Waals surface area contributed by atoms with Crippen molar-refractivity contribution in [2.45, 2.75) is 53.0 Å². The van der Waals surface area contributed by atoms with Crippen molar-refractivity contribution in [1.82, 2.24) is 10.2 Å². The van der Waals surface area contributed by atoms with E-state index in [4.69, 9.17) is 0 Å². The van der Waals surface area contributed by atoms with Gasteiger partial charge in [-0.05, 0) is 55.0 Å². The molecule has 0 aromatic rings. The lowest BCUT2D eigenvalue weighted by atomic mass is 9.63. The van der Waals surface area contributed by atoms with Crippen LogP contribution in [0.3, 0.4) is 0 Å². The van der Waals surface area contributed by atoms with Crippen molar-refractivity contribution in [3.05, 3.63) is 0 Å². The number of likely N-dealkylation sites (tertiary alicyclic amines) is 1. The summed E-state index contributed by atoms with van der Waals surface area (Å²) < 4.78 is 0. The van der Waals surface area contributed by atoms with E-state index in [9.17, 15) is 0 Å². The molecule has 2 heteroatoms. The first-order valence-electron chi connectivity index (χ1n) is 7.79. The highest BCUT2D eigenvalue weighted by Crippen LogP contribution is 2.48. The maximum Gasteiger partial charge on any atom is 0.0106 e. The van der Waals surface area contributed by atoms with Gasteiger partial charge in [0.25, 0.3) is 0 Å². The third kappa shape index (κ3) is 2.46. The Morgan fingerprint density at radius 3 is 1.89 bits per heavy atom. The minimum atomic E-state index is 0.530. The van der Waals surface area contributed by atoms with Crippen LogP contribution in [0, 0.1) is 22.7 Å². The lowest BCUT2D eigenvalue weighted by Crippen LogP contribution is -2.46. The van der Waals surface area contributed by atoms with E-state index in [1.807, 2.05) is 0 Å². The predicted octanol–water partition coefficient (Wildman–Crippen LogP) is 2.74. The number of hydrogen-bond donors (Lipinski definition) is 1. The molecule has 2 unspecified atom stereocenters. The molecule has 3 rings (SSSR count). The summed E-state index contributed by atoms with van der Waals surface area (Å²) in [6.45, 7) is 15.1. The summed E-state index contributed by atoms with van der Waals surface area (Å²) in [5, 5.41) is 3.55. The van der Waals surface area contributed by atoms with Gasteiger partial charge in [0.1, 0.15) is 0 Å². The normalized spacial score (nSPS) is 40.0. The van der Waals surface area contributed by atoms with Crippen LogP contribution in [0.4, 0.5) is 0 Å². The Balaban J connectivity index is 1.69. The molecule has 1 N–H and O–H groups in total. The zero-order valence-corrected chi connectivity index (χ0v) is 12.6. The highest BCUT2D eigenvalue weighted by atomic mass is 15.2. The van der Waals surface area contributed by atoms with E-state index in [0.29, 0.717) is 10.8 Å². The van der Waals surface area contributed by atoms with Crippen molar-refractivity contribution in [3.8, 4) is 0 Å². The second-order valence-electron chi connectivity index (χ2n) is 8.70. The lowest BCUT2D eigenvalue weighted by molar-refractivity contribution is 0.0315. The molecular weight excluding hydrogens is 220 g/mol. The molecule has 18 heavy (non-hydrogen) atoms. The van der Waals surface area contributed by atoms with Gasteiger partial charge >= 0.3 is 0 Å². The van der Waals surface area contributed by atoms with Crippen LogP contribution in [0.1, 0.15) is 47.0 Å². The number of nitrogens with one attached hydrogen (secondary N) is 1. The van der Waals surface area contributed by atoms with E-state index >= 15 is 0 Å². The fourth-order valence-corrected chi connectivity index (χ4v) is 5.24. The van der Waals surface area contributed by atoms with Crippen molar-refractivity contribution >= 4 is 0 Å². The fraction of sp³-hybridized carbons (Fsp3) is 1.00. The van der Waals surface area contributed by atoms with Crippen molar-refractivity contribution in [2.24, 2.45) is 22.7 Å². The van der Waals surface area contributed by atoms with Crippen molar-refractivity contribution in [3.63, 3.8) is 0 Å². The number of nitrogens with zero attached hydrogens (tertiary/aromatic N) is 1. The van der Waals surface area contributed by atoms with Gasteiger partial charge in [-0.25, -0.2) is 0 Å². The van der Waals surface area contributed by atoms with Gasteiger partial charge in [-0.3, -0.25) is 4.90 Å². The Labute approximate surface area is 113 Å². The van der Waals surface area contributed by atoms with Gasteiger partial charge in [0.05, 0.1) is 0 Å². The molecule has 2 saturated heterocycles. The highest BCUT2D eigenvalue weighted by molar-refractivity contribution is 4.98. The Morgan fingerprint density at radius 1 is 0.889 bits per heavy atom. The summed E-state index contributed by atoms with van der Waals surface area (Å²) in [7, 11) is 0. The van der Waals surface area contributed by atoms with Gasteiger partial charge in [-0.15, -0.1) is 0 Å². The quantitative estimate of drug-likeness (QED) is 0.770. The third-order valence-electron chi connectivity index (χ3n) is 5.47.